The van der Waals surface area contributed by atoms with Gasteiger partial charge in [-0.05, 0) is 78.0 Å². The minimum Gasteiger partial charge on any atom is -0.507 e. The van der Waals surface area contributed by atoms with Crippen molar-refractivity contribution >= 4 is 49.7 Å². The summed E-state index contributed by atoms with van der Waals surface area (Å²) in [6, 6.07) is 21.5. The maximum Gasteiger partial charge on any atom is 0.240 e. The van der Waals surface area contributed by atoms with Crippen LogP contribution in [0.5, 0.6) is 5.75 Å². The molecule has 4 aromatic carbocycles. The molecule has 47 heavy (non-hydrogen) atoms. The summed E-state index contributed by atoms with van der Waals surface area (Å²) in [4.78, 5) is 19.0. The van der Waals surface area contributed by atoms with Crippen molar-refractivity contribution in [3.8, 4) is 28.5 Å². The van der Waals surface area contributed by atoms with Crippen molar-refractivity contribution in [1.29, 1.82) is 0 Å². The lowest BCUT2D eigenvalue weighted by Gasteiger charge is -2.16. The number of sulfonamides is 1. The first-order valence-corrected chi connectivity index (χ1v) is 17.2. The number of hydrogen-bond donors (Lipinski definition) is 4. The molecule has 6 rings (SSSR count). The smallest absolute Gasteiger partial charge is 0.240 e. The largest absolute Gasteiger partial charge is 0.507 e. The van der Waals surface area contributed by atoms with Gasteiger partial charge in [0.15, 0.2) is 5.76 Å². The van der Waals surface area contributed by atoms with Crippen LogP contribution in [0.3, 0.4) is 0 Å². The molecule has 0 bridgehead atoms. The van der Waals surface area contributed by atoms with Crippen LogP contribution in [0.2, 0.25) is 0 Å². The van der Waals surface area contributed by atoms with Crippen molar-refractivity contribution in [3.05, 3.63) is 90.1 Å². The van der Waals surface area contributed by atoms with Crippen LogP contribution >= 0.6 is 11.6 Å². The van der Waals surface area contributed by atoms with E-state index in [0.29, 0.717) is 29.1 Å². The number of nitrogens with zero attached hydrogens (tertiary/aromatic N) is 2. The molecule has 10 nitrogen and oxygen atoms in total. The monoisotopic (exact) mass is 673 g/mol. The number of amides is 1. The van der Waals surface area contributed by atoms with Gasteiger partial charge in [-0.2, -0.15) is 0 Å². The van der Waals surface area contributed by atoms with Gasteiger partial charge in [0, 0.05) is 85.4 Å². The Morgan fingerprint density at radius 2 is 1.79 bits per heavy atom. The number of nitrogens with one attached hydrogen (secondary N) is 3. The van der Waals surface area contributed by atoms with Gasteiger partial charge in [0.25, 0.3) is 0 Å². The van der Waals surface area contributed by atoms with Crippen molar-refractivity contribution < 1.29 is 22.7 Å². The predicted molar refractivity (Wildman–Crippen MR) is 186 cm³/mol. The zero-order valence-electron chi connectivity index (χ0n) is 26.2. The number of fused-ring (bicyclic) bond motifs is 3. The number of hydrogen-bond acceptors (Lipinski definition) is 8. The molecular formula is C35H36ClN5O5S. The van der Waals surface area contributed by atoms with Gasteiger partial charge in [-0.1, -0.05) is 12.1 Å². The van der Waals surface area contributed by atoms with Gasteiger partial charge in [-0.25, -0.2) is 18.1 Å². The highest BCUT2D eigenvalue weighted by Crippen LogP contribution is 2.44. The second kappa shape index (κ2) is 13.3. The van der Waals surface area contributed by atoms with Gasteiger partial charge < -0.3 is 25.1 Å². The minimum atomic E-state index is -3.84. The summed E-state index contributed by atoms with van der Waals surface area (Å²) in [5.41, 5.74) is 5.37. The molecule has 0 unspecified atom stereocenters. The summed E-state index contributed by atoms with van der Waals surface area (Å²) in [6.45, 7) is 2.84. The highest BCUT2D eigenvalue weighted by Gasteiger charge is 2.29. The summed E-state index contributed by atoms with van der Waals surface area (Å²) in [7, 11) is 0.102. The molecule has 1 aliphatic heterocycles. The second-order valence-electron chi connectivity index (χ2n) is 11.8. The maximum absolute atomic E-state index is 12.9. The first kappa shape index (κ1) is 32.4. The van der Waals surface area contributed by atoms with Gasteiger partial charge in [0.2, 0.25) is 21.8 Å². The molecule has 1 amide bonds. The first-order chi connectivity index (χ1) is 22.5. The molecule has 4 N–H and O–H groups in total. The van der Waals surface area contributed by atoms with Gasteiger partial charge in [0.1, 0.15) is 5.75 Å². The summed E-state index contributed by atoms with van der Waals surface area (Å²) in [5.74, 6) is 0.956. The van der Waals surface area contributed by atoms with Crippen LogP contribution in [-0.2, 0) is 21.4 Å². The number of oxazole rings is 1. The lowest BCUT2D eigenvalue weighted by Crippen LogP contribution is -2.30. The Labute approximate surface area is 278 Å². The molecule has 2 heterocycles. The normalized spacial score (nSPS) is 14.9. The third kappa shape index (κ3) is 6.92. The molecule has 0 spiro atoms. The molecule has 2 atom stereocenters. The van der Waals surface area contributed by atoms with E-state index in [-0.39, 0.29) is 47.4 Å². The van der Waals surface area contributed by atoms with E-state index in [2.05, 4.69) is 20.3 Å². The minimum absolute atomic E-state index is 0.0424. The number of aromatic nitrogens is 1. The average Bonchev–Trinajstić information content (AvgIpc) is 3.72. The molecular weight excluding hydrogens is 638 g/mol. The van der Waals surface area contributed by atoms with Crippen LogP contribution in [-0.4, -0.2) is 57.0 Å². The summed E-state index contributed by atoms with van der Waals surface area (Å²) >= 11 is 6.43. The van der Waals surface area contributed by atoms with E-state index in [4.69, 9.17) is 16.0 Å². The highest BCUT2D eigenvalue weighted by atomic mass is 35.5. The number of alkyl halides is 1. The van der Waals surface area contributed by atoms with Crippen molar-refractivity contribution in [2.75, 3.05) is 37.4 Å². The molecule has 244 valence electrons. The van der Waals surface area contributed by atoms with E-state index >= 15 is 0 Å². The number of benzene rings is 4. The van der Waals surface area contributed by atoms with Crippen molar-refractivity contribution in [2.45, 2.75) is 36.1 Å². The Morgan fingerprint density at radius 3 is 2.49 bits per heavy atom. The lowest BCUT2D eigenvalue weighted by atomic mass is 9.91. The van der Waals surface area contributed by atoms with E-state index in [0.717, 1.165) is 33.5 Å². The van der Waals surface area contributed by atoms with Crippen LogP contribution in [0, 0.1) is 0 Å². The van der Waals surface area contributed by atoms with Crippen LogP contribution < -0.4 is 20.3 Å². The second-order valence-corrected chi connectivity index (χ2v) is 14.3. The van der Waals surface area contributed by atoms with Crippen LogP contribution in [0.15, 0.2) is 88.3 Å². The fourth-order valence-corrected chi connectivity index (χ4v) is 7.00. The number of rotatable bonds is 11. The predicted octanol–water partition coefficient (Wildman–Crippen LogP) is 6.05. The van der Waals surface area contributed by atoms with Crippen LogP contribution in [0.25, 0.3) is 33.6 Å². The van der Waals surface area contributed by atoms with Crippen LogP contribution in [0.4, 0.5) is 11.4 Å². The Bertz CT molecular complexity index is 2030. The highest BCUT2D eigenvalue weighted by molar-refractivity contribution is 7.89. The maximum atomic E-state index is 12.9. The van der Waals surface area contributed by atoms with Crippen LogP contribution in [0.1, 0.15) is 30.4 Å². The summed E-state index contributed by atoms with van der Waals surface area (Å²) in [5, 5.41) is 18.3. The number of anilines is 2. The van der Waals surface area contributed by atoms with E-state index in [1.165, 1.54) is 12.1 Å². The Hall–Kier alpha value is -4.58. The molecule has 0 aliphatic carbocycles. The first-order valence-electron chi connectivity index (χ1n) is 15.3. The molecule has 1 aromatic heterocycles. The van der Waals surface area contributed by atoms with Gasteiger partial charge in [-0.15, -0.1) is 11.6 Å². The zero-order chi connectivity index (χ0) is 33.3. The number of carbonyl (C=O) groups is 1. The molecule has 5 aromatic rings. The van der Waals surface area contributed by atoms with Crippen molar-refractivity contribution in [1.82, 2.24) is 15.0 Å². The Balaban J connectivity index is 1.02. The number of aromatic hydroxyl groups is 1. The zero-order valence-corrected chi connectivity index (χ0v) is 27.8. The lowest BCUT2D eigenvalue weighted by molar-refractivity contribution is -0.121. The number of halogens is 1. The van der Waals surface area contributed by atoms with Crippen molar-refractivity contribution in [2.24, 2.45) is 0 Å². The molecule has 12 heteroatoms. The van der Waals surface area contributed by atoms with E-state index < -0.39 is 10.0 Å². The summed E-state index contributed by atoms with van der Waals surface area (Å²) < 4.78 is 34.2. The quantitative estimate of drug-likeness (QED) is 0.124. The van der Waals surface area contributed by atoms with Gasteiger partial charge in [0.05, 0.1) is 11.1 Å². The molecule has 0 saturated carbocycles. The number of phenols is 1. The molecule has 0 fully saturated rings. The fraction of sp³-hybridized carbons (Fsp3) is 0.257. The SMILES string of the molecule is C[C@@H](Cl)[C@@H]1CNc2cc(O)c3cc(CNC(=O)CCNS(=O)(=O)c4ccc(-c5ncc(-c6ccc(N(C)C)cc6)o5)cc4)ccc3c21. The standard InChI is InChI=1S/C35H36ClN5O5S/c1-21(36)29-19-37-30-17-31(42)28-16-22(4-13-27(28)34(29)30)18-38-33(43)14-15-40-47(44,45)26-11-7-24(8-12-26)35-39-20-32(46-35)23-5-9-25(10-6-23)41(2)3/h4-13,16-17,20-21,29,37,40,42H,14-15,18-19H2,1-3H3,(H,38,43)/t21-,29+/m1/s1. The number of phenolic OH excluding ortho intramolecular Hbond substituents is 1. The average molecular weight is 674 g/mol. The Kier molecular flexibility index (Phi) is 9.14. The van der Waals surface area contributed by atoms with E-state index in [9.17, 15) is 18.3 Å². The van der Waals surface area contributed by atoms with E-state index in [1.807, 2.05) is 68.4 Å². The van der Waals surface area contributed by atoms with Gasteiger partial charge >= 0.3 is 0 Å². The topological polar surface area (TPSA) is 137 Å². The van der Waals surface area contributed by atoms with Crippen molar-refractivity contribution in [3.63, 3.8) is 0 Å². The van der Waals surface area contributed by atoms with E-state index in [1.54, 1.807) is 24.4 Å². The number of carbonyl (C=O) groups excluding carboxylic acids is 1. The Morgan fingerprint density at radius 1 is 1.06 bits per heavy atom. The van der Waals surface area contributed by atoms with Gasteiger partial charge in [-0.3, -0.25) is 4.79 Å². The third-order valence-electron chi connectivity index (χ3n) is 8.38. The molecule has 0 saturated heterocycles. The third-order valence-corrected chi connectivity index (χ3v) is 10.2. The summed E-state index contributed by atoms with van der Waals surface area (Å²) in [6.07, 6.45) is 1.60. The fourth-order valence-electron chi connectivity index (χ4n) is 5.76. The molecule has 0 radical (unpaired) electrons. The molecule has 1 aliphatic rings.